The standard InChI is InChI=1S/C15H18FN3O/c1-9-8-20-10(2)7-19(9)15-12(16)6-13(17)11-4-3-5-18-14(11)15/h3-6,9-10H,7-8,17H2,1-2H3. The van der Waals surface area contributed by atoms with Crippen molar-refractivity contribution in [3.05, 3.63) is 30.2 Å². The number of anilines is 2. The first-order valence-corrected chi connectivity index (χ1v) is 6.79. The van der Waals surface area contributed by atoms with Gasteiger partial charge >= 0.3 is 0 Å². The van der Waals surface area contributed by atoms with E-state index in [9.17, 15) is 4.39 Å². The molecule has 0 radical (unpaired) electrons. The third-order valence-corrected chi connectivity index (χ3v) is 3.75. The van der Waals surface area contributed by atoms with E-state index in [0.717, 1.165) is 5.39 Å². The van der Waals surface area contributed by atoms with Gasteiger partial charge in [0.05, 0.1) is 18.2 Å². The number of ether oxygens (including phenoxy) is 1. The van der Waals surface area contributed by atoms with Crippen LogP contribution in [0.15, 0.2) is 24.4 Å². The van der Waals surface area contributed by atoms with E-state index in [1.54, 1.807) is 6.20 Å². The minimum Gasteiger partial charge on any atom is -0.398 e. The number of fused-ring (bicyclic) bond motifs is 1. The van der Waals surface area contributed by atoms with Crippen molar-refractivity contribution >= 4 is 22.3 Å². The van der Waals surface area contributed by atoms with Gasteiger partial charge in [-0.25, -0.2) is 4.39 Å². The van der Waals surface area contributed by atoms with E-state index >= 15 is 0 Å². The molecule has 1 aliphatic rings. The Balaban J connectivity index is 2.20. The van der Waals surface area contributed by atoms with Gasteiger partial charge in [-0.3, -0.25) is 4.98 Å². The Morgan fingerprint density at radius 3 is 3.05 bits per heavy atom. The largest absolute Gasteiger partial charge is 0.398 e. The molecule has 5 heteroatoms. The van der Waals surface area contributed by atoms with Crippen LogP contribution in [0.4, 0.5) is 15.8 Å². The normalized spacial score (nSPS) is 23.2. The average Bonchev–Trinajstić information content (AvgIpc) is 2.43. The molecule has 1 saturated heterocycles. The third-order valence-electron chi connectivity index (χ3n) is 3.75. The minimum atomic E-state index is -0.324. The summed E-state index contributed by atoms with van der Waals surface area (Å²) in [6.45, 7) is 5.24. The smallest absolute Gasteiger partial charge is 0.150 e. The molecule has 1 aromatic carbocycles. The zero-order valence-electron chi connectivity index (χ0n) is 11.6. The molecular weight excluding hydrogens is 257 g/mol. The van der Waals surface area contributed by atoms with Crippen molar-refractivity contribution in [1.29, 1.82) is 0 Å². The van der Waals surface area contributed by atoms with Crippen LogP contribution in [0.2, 0.25) is 0 Å². The molecule has 2 atom stereocenters. The van der Waals surface area contributed by atoms with Gasteiger partial charge < -0.3 is 15.4 Å². The zero-order chi connectivity index (χ0) is 14.3. The van der Waals surface area contributed by atoms with Gasteiger partial charge in [-0.2, -0.15) is 0 Å². The number of nitrogens with zero attached hydrogens (tertiary/aromatic N) is 2. The topological polar surface area (TPSA) is 51.4 Å². The quantitative estimate of drug-likeness (QED) is 0.813. The molecule has 1 aliphatic heterocycles. The number of halogens is 1. The Kier molecular flexibility index (Phi) is 3.22. The first-order chi connectivity index (χ1) is 9.58. The van der Waals surface area contributed by atoms with E-state index < -0.39 is 0 Å². The summed E-state index contributed by atoms with van der Waals surface area (Å²) in [4.78, 5) is 6.36. The van der Waals surface area contributed by atoms with Crippen LogP contribution in [0.5, 0.6) is 0 Å². The summed E-state index contributed by atoms with van der Waals surface area (Å²) in [5.74, 6) is -0.324. The Bertz CT molecular complexity index is 646. The zero-order valence-corrected chi connectivity index (χ0v) is 11.6. The van der Waals surface area contributed by atoms with Crippen LogP contribution in [-0.4, -0.2) is 30.3 Å². The van der Waals surface area contributed by atoms with Gasteiger partial charge in [-0.05, 0) is 32.0 Å². The van der Waals surface area contributed by atoms with Crippen molar-refractivity contribution in [3.8, 4) is 0 Å². The number of pyridine rings is 1. The fourth-order valence-corrected chi connectivity index (χ4v) is 2.71. The Labute approximate surface area is 117 Å². The summed E-state index contributed by atoms with van der Waals surface area (Å²) in [5, 5.41) is 0.787. The van der Waals surface area contributed by atoms with Crippen molar-refractivity contribution in [3.63, 3.8) is 0 Å². The second-order valence-electron chi connectivity index (χ2n) is 5.34. The maximum absolute atomic E-state index is 14.5. The van der Waals surface area contributed by atoms with E-state index in [2.05, 4.69) is 4.98 Å². The Morgan fingerprint density at radius 2 is 2.25 bits per heavy atom. The van der Waals surface area contributed by atoms with Crippen LogP contribution < -0.4 is 10.6 Å². The van der Waals surface area contributed by atoms with E-state index in [1.165, 1.54) is 6.07 Å². The lowest BCUT2D eigenvalue weighted by Crippen LogP contribution is -2.48. The summed E-state index contributed by atoms with van der Waals surface area (Å²) < 4.78 is 20.1. The second-order valence-corrected chi connectivity index (χ2v) is 5.34. The predicted molar refractivity (Wildman–Crippen MR) is 78.3 cm³/mol. The monoisotopic (exact) mass is 275 g/mol. The molecule has 3 rings (SSSR count). The van der Waals surface area contributed by atoms with Gasteiger partial charge in [0.2, 0.25) is 0 Å². The van der Waals surface area contributed by atoms with Crippen LogP contribution in [0.3, 0.4) is 0 Å². The molecule has 1 aromatic heterocycles. The first-order valence-electron chi connectivity index (χ1n) is 6.79. The summed E-state index contributed by atoms with van der Waals surface area (Å²) in [6.07, 6.45) is 1.74. The van der Waals surface area contributed by atoms with E-state index in [4.69, 9.17) is 10.5 Å². The third kappa shape index (κ3) is 2.08. The molecule has 106 valence electrons. The summed E-state index contributed by atoms with van der Waals surface area (Å²) >= 11 is 0. The van der Waals surface area contributed by atoms with Gasteiger partial charge in [-0.1, -0.05) is 0 Å². The molecule has 0 aliphatic carbocycles. The molecule has 0 bridgehead atoms. The Morgan fingerprint density at radius 1 is 1.45 bits per heavy atom. The summed E-state index contributed by atoms with van der Waals surface area (Å²) in [5.41, 5.74) is 7.46. The molecule has 0 saturated carbocycles. The highest BCUT2D eigenvalue weighted by molar-refractivity contribution is 5.99. The number of aromatic nitrogens is 1. The highest BCUT2D eigenvalue weighted by Crippen LogP contribution is 2.34. The van der Waals surface area contributed by atoms with E-state index in [0.29, 0.717) is 30.0 Å². The molecule has 0 amide bonds. The molecular formula is C15H18FN3O. The van der Waals surface area contributed by atoms with Crippen LogP contribution in [0, 0.1) is 5.82 Å². The van der Waals surface area contributed by atoms with Gasteiger partial charge in [0.1, 0.15) is 5.69 Å². The fourth-order valence-electron chi connectivity index (χ4n) is 2.71. The molecule has 2 unspecified atom stereocenters. The van der Waals surface area contributed by atoms with E-state index in [-0.39, 0.29) is 18.0 Å². The number of nitrogens with two attached hydrogens (primary N) is 1. The molecule has 4 nitrogen and oxygen atoms in total. The predicted octanol–water partition coefficient (Wildman–Crippen LogP) is 2.57. The maximum atomic E-state index is 14.5. The Hall–Kier alpha value is -1.88. The molecule has 2 heterocycles. The van der Waals surface area contributed by atoms with E-state index in [1.807, 2.05) is 30.9 Å². The van der Waals surface area contributed by atoms with Gasteiger partial charge in [-0.15, -0.1) is 0 Å². The number of morpholine rings is 1. The maximum Gasteiger partial charge on any atom is 0.150 e. The lowest BCUT2D eigenvalue weighted by Gasteiger charge is -2.39. The van der Waals surface area contributed by atoms with Crippen LogP contribution >= 0.6 is 0 Å². The highest BCUT2D eigenvalue weighted by Gasteiger charge is 2.28. The number of nitrogen functional groups attached to an aromatic ring is 1. The van der Waals surface area contributed by atoms with Crippen molar-refractivity contribution in [1.82, 2.24) is 4.98 Å². The second kappa shape index (κ2) is 4.90. The molecule has 1 fully saturated rings. The minimum absolute atomic E-state index is 0.0712. The van der Waals surface area contributed by atoms with Gasteiger partial charge in [0.25, 0.3) is 0 Å². The lowest BCUT2D eigenvalue weighted by atomic mass is 10.1. The number of benzene rings is 1. The van der Waals surface area contributed by atoms with Crippen LogP contribution in [-0.2, 0) is 4.74 Å². The molecule has 2 N–H and O–H groups in total. The summed E-state index contributed by atoms with van der Waals surface area (Å²) in [6, 6.07) is 5.17. The molecule has 2 aromatic rings. The SMILES string of the molecule is CC1CN(c2c(F)cc(N)c3cccnc23)C(C)CO1. The number of rotatable bonds is 1. The van der Waals surface area contributed by atoms with Crippen molar-refractivity contribution in [2.45, 2.75) is 26.0 Å². The number of hydrogen-bond acceptors (Lipinski definition) is 4. The van der Waals surface area contributed by atoms with Crippen molar-refractivity contribution < 1.29 is 9.13 Å². The summed E-state index contributed by atoms with van der Waals surface area (Å²) in [7, 11) is 0. The van der Waals surface area contributed by atoms with Gasteiger partial charge in [0, 0.05) is 29.9 Å². The van der Waals surface area contributed by atoms with Crippen LogP contribution in [0.25, 0.3) is 10.9 Å². The number of hydrogen-bond donors (Lipinski definition) is 1. The average molecular weight is 275 g/mol. The molecule has 0 spiro atoms. The molecule has 20 heavy (non-hydrogen) atoms. The fraction of sp³-hybridized carbons (Fsp3) is 0.400. The van der Waals surface area contributed by atoms with Crippen molar-refractivity contribution in [2.24, 2.45) is 0 Å². The van der Waals surface area contributed by atoms with Crippen molar-refractivity contribution in [2.75, 3.05) is 23.8 Å². The van der Waals surface area contributed by atoms with Gasteiger partial charge in [0.15, 0.2) is 5.82 Å². The van der Waals surface area contributed by atoms with Crippen LogP contribution in [0.1, 0.15) is 13.8 Å². The lowest BCUT2D eigenvalue weighted by molar-refractivity contribution is 0.0342. The highest BCUT2D eigenvalue weighted by atomic mass is 19.1. The first kappa shape index (κ1) is 13.1.